The van der Waals surface area contributed by atoms with Gasteiger partial charge in [-0.15, -0.1) is 0 Å². The van der Waals surface area contributed by atoms with Crippen LogP contribution in [0.4, 0.5) is 10.1 Å². The van der Waals surface area contributed by atoms with E-state index in [1.807, 2.05) is 12.1 Å². The molecule has 11 nitrogen and oxygen atoms in total. The van der Waals surface area contributed by atoms with Crippen molar-refractivity contribution >= 4 is 28.5 Å². The van der Waals surface area contributed by atoms with Crippen molar-refractivity contribution in [2.75, 3.05) is 51.3 Å². The summed E-state index contributed by atoms with van der Waals surface area (Å²) in [4.78, 5) is 36.8. The zero-order valence-electron chi connectivity index (χ0n) is 27.1. The summed E-state index contributed by atoms with van der Waals surface area (Å²) in [5.74, 6) is 0.0175. The third kappa shape index (κ3) is 9.25. The van der Waals surface area contributed by atoms with E-state index >= 15 is 0 Å². The first-order chi connectivity index (χ1) is 22.9. The van der Waals surface area contributed by atoms with Crippen LogP contribution in [0, 0.1) is 5.82 Å². The molecule has 1 aliphatic heterocycles. The number of unbranched alkanes of at least 4 members (excludes halogenated alkanes) is 7. The van der Waals surface area contributed by atoms with Gasteiger partial charge in [0.05, 0.1) is 25.4 Å². The lowest BCUT2D eigenvalue weighted by atomic mass is 10.1. The lowest BCUT2D eigenvalue weighted by Crippen LogP contribution is -2.49. The summed E-state index contributed by atoms with van der Waals surface area (Å²) in [6.07, 6.45) is 10.9. The van der Waals surface area contributed by atoms with Gasteiger partial charge in [0.1, 0.15) is 28.3 Å². The van der Waals surface area contributed by atoms with Crippen molar-refractivity contribution in [3.05, 3.63) is 54.5 Å². The highest BCUT2D eigenvalue weighted by Gasteiger charge is 2.21. The predicted molar refractivity (Wildman–Crippen MR) is 181 cm³/mol. The fraction of sp³-hybridized carbons (Fsp3) is 0.457. The molecule has 0 saturated carbocycles. The largest absolute Gasteiger partial charge is 0.496 e. The van der Waals surface area contributed by atoms with Crippen molar-refractivity contribution in [3.8, 4) is 28.4 Å². The number of anilines is 1. The Kier molecular flexibility index (Phi) is 12.1. The van der Waals surface area contributed by atoms with Crippen LogP contribution in [0.1, 0.15) is 57.8 Å². The molecule has 250 valence electrons. The van der Waals surface area contributed by atoms with E-state index in [4.69, 9.17) is 10.5 Å². The topological polar surface area (TPSA) is 142 Å². The Morgan fingerprint density at radius 2 is 1.66 bits per heavy atom. The van der Waals surface area contributed by atoms with Gasteiger partial charge in [-0.25, -0.2) is 14.4 Å². The Hall–Kier alpha value is -4.58. The molecule has 0 bridgehead atoms. The number of nitrogens with two attached hydrogens (primary N) is 1. The molecule has 1 aliphatic rings. The summed E-state index contributed by atoms with van der Waals surface area (Å²) in [5, 5.41) is 10.5. The number of primary amides is 1. The highest BCUT2D eigenvalue weighted by Crippen LogP contribution is 2.33. The van der Waals surface area contributed by atoms with Crippen molar-refractivity contribution in [3.63, 3.8) is 0 Å². The van der Waals surface area contributed by atoms with Crippen LogP contribution in [0.15, 0.2) is 48.7 Å². The third-order valence-corrected chi connectivity index (χ3v) is 8.64. The highest BCUT2D eigenvalue weighted by atomic mass is 19.1. The molecule has 0 aliphatic carbocycles. The van der Waals surface area contributed by atoms with Gasteiger partial charge < -0.3 is 20.7 Å². The van der Waals surface area contributed by atoms with E-state index in [9.17, 15) is 14.0 Å². The summed E-state index contributed by atoms with van der Waals surface area (Å²) in [6.45, 7) is 4.45. The number of nitrogens with zero attached hydrogens (tertiary/aromatic N) is 5. The maximum atomic E-state index is 14.7. The third-order valence-electron chi connectivity index (χ3n) is 8.64. The molecular formula is C35H45FN8O3. The van der Waals surface area contributed by atoms with Gasteiger partial charge in [0, 0.05) is 50.4 Å². The number of ether oxygens (including phenoxy) is 1. The average Bonchev–Trinajstić information content (AvgIpc) is 3.50. The number of methoxy groups -OCH3 is 1. The minimum atomic E-state index is -0.455. The van der Waals surface area contributed by atoms with Gasteiger partial charge in [-0.05, 0) is 37.1 Å². The van der Waals surface area contributed by atoms with Gasteiger partial charge in [-0.3, -0.25) is 19.6 Å². The van der Waals surface area contributed by atoms with Crippen molar-refractivity contribution in [1.29, 1.82) is 0 Å². The van der Waals surface area contributed by atoms with E-state index in [0.717, 1.165) is 76.1 Å². The van der Waals surface area contributed by atoms with Gasteiger partial charge >= 0.3 is 0 Å². The minimum absolute atomic E-state index is 0.0869. The van der Waals surface area contributed by atoms with E-state index in [2.05, 4.69) is 47.4 Å². The zero-order valence-corrected chi connectivity index (χ0v) is 27.1. The fourth-order valence-electron chi connectivity index (χ4n) is 5.99. The number of piperazine rings is 1. The number of carbonyl (C=O) groups excluding carboxylic acids is 2. The number of nitrogens with one attached hydrogen (secondary N) is 2. The normalized spacial score (nSPS) is 13.6. The fourth-order valence-corrected chi connectivity index (χ4v) is 5.99. The molecular weight excluding hydrogens is 599 g/mol. The number of hydrogen-bond donors (Lipinski definition) is 3. The minimum Gasteiger partial charge on any atom is -0.496 e. The van der Waals surface area contributed by atoms with Crippen LogP contribution in [0.2, 0.25) is 0 Å². The standard InChI is InChI=1S/C35H45FN8O3/c1-47-29-12-10-11-27(36)32(29)35-39-23-28-34(40-35)33(42-41-28)25-14-16-26(17-15-25)44-21-19-43(20-22-44)24-31(46)38-18-9-7-5-3-2-4-6-8-13-30(37)45/h10-12,14-17,23H,2-9,13,18-22,24H2,1H3,(H2,37,45)(H,38,46)(H,41,42). The van der Waals surface area contributed by atoms with Gasteiger partial charge in [-0.2, -0.15) is 5.10 Å². The predicted octanol–water partition coefficient (Wildman–Crippen LogP) is 5.07. The Bertz CT molecular complexity index is 1620. The van der Waals surface area contributed by atoms with Crippen LogP contribution >= 0.6 is 0 Å². The molecule has 1 saturated heterocycles. The summed E-state index contributed by atoms with van der Waals surface area (Å²) in [6, 6.07) is 12.8. The molecule has 2 amide bonds. The number of aromatic nitrogens is 4. The van der Waals surface area contributed by atoms with E-state index in [-0.39, 0.29) is 23.2 Å². The molecule has 4 aromatic rings. The van der Waals surface area contributed by atoms with Gasteiger partial charge in [0.25, 0.3) is 0 Å². The molecule has 0 atom stereocenters. The Morgan fingerprint density at radius 3 is 2.36 bits per heavy atom. The smallest absolute Gasteiger partial charge is 0.234 e. The Labute approximate surface area is 275 Å². The average molecular weight is 645 g/mol. The van der Waals surface area contributed by atoms with Crippen LogP contribution < -0.4 is 20.7 Å². The lowest BCUT2D eigenvalue weighted by Gasteiger charge is -2.35. The lowest BCUT2D eigenvalue weighted by molar-refractivity contribution is -0.122. The van der Waals surface area contributed by atoms with Crippen LogP contribution in [-0.2, 0) is 9.59 Å². The maximum absolute atomic E-state index is 14.7. The summed E-state index contributed by atoms with van der Waals surface area (Å²) in [5.41, 5.74) is 9.29. The maximum Gasteiger partial charge on any atom is 0.234 e. The van der Waals surface area contributed by atoms with Crippen LogP contribution in [0.5, 0.6) is 5.75 Å². The molecule has 1 fully saturated rings. The van der Waals surface area contributed by atoms with E-state index in [1.54, 1.807) is 18.3 Å². The molecule has 5 rings (SSSR count). The van der Waals surface area contributed by atoms with Crippen molar-refractivity contribution in [1.82, 2.24) is 30.4 Å². The molecule has 4 N–H and O–H groups in total. The second-order valence-corrected chi connectivity index (χ2v) is 12.0. The molecule has 2 aromatic carbocycles. The van der Waals surface area contributed by atoms with E-state index in [1.165, 1.54) is 32.4 Å². The first kappa shape index (κ1) is 33.8. The van der Waals surface area contributed by atoms with E-state index < -0.39 is 5.82 Å². The number of benzene rings is 2. The first-order valence-electron chi connectivity index (χ1n) is 16.6. The Morgan fingerprint density at radius 1 is 0.957 bits per heavy atom. The number of rotatable bonds is 17. The number of halogens is 1. The number of aromatic amines is 1. The first-order valence-corrected chi connectivity index (χ1v) is 16.6. The molecule has 47 heavy (non-hydrogen) atoms. The molecule has 3 heterocycles. The van der Waals surface area contributed by atoms with Crippen molar-refractivity contribution in [2.45, 2.75) is 57.8 Å². The SMILES string of the molecule is COc1cccc(F)c1-c1ncc2[nH]nc(-c3ccc(N4CCN(CC(=O)NCCCCCCCCCCC(N)=O)CC4)cc3)c2n1. The summed E-state index contributed by atoms with van der Waals surface area (Å²) in [7, 11) is 1.49. The van der Waals surface area contributed by atoms with Gasteiger partial charge in [0.2, 0.25) is 11.8 Å². The zero-order chi connectivity index (χ0) is 33.0. The molecule has 2 aromatic heterocycles. The number of hydrogen-bond acceptors (Lipinski definition) is 8. The van der Waals surface area contributed by atoms with Crippen molar-refractivity contribution < 1.29 is 18.7 Å². The van der Waals surface area contributed by atoms with Gasteiger partial charge in [0.15, 0.2) is 5.82 Å². The van der Waals surface area contributed by atoms with Crippen LogP contribution in [0.25, 0.3) is 33.7 Å². The number of fused-ring (bicyclic) bond motifs is 1. The summed E-state index contributed by atoms with van der Waals surface area (Å²) < 4.78 is 20.1. The molecule has 0 radical (unpaired) electrons. The number of carbonyl (C=O) groups is 2. The summed E-state index contributed by atoms with van der Waals surface area (Å²) >= 11 is 0. The van der Waals surface area contributed by atoms with Crippen LogP contribution in [0.3, 0.4) is 0 Å². The van der Waals surface area contributed by atoms with Gasteiger partial charge in [-0.1, -0.05) is 56.7 Å². The number of H-pyrrole nitrogens is 1. The molecule has 12 heteroatoms. The van der Waals surface area contributed by atoms with E-state index in [0.29, 0.717) is 35.4 Å². The molecule has 0 unspecified atom stereocenters. The highest BCUT2D eigenvalue weighted by molar-refractivity contribution is 5.90. The quantitative estimate of drug-likeness (QED) is 0.135. The van der Waals surface area contributed by atoms with Crippen molar-refractivity contribution in [2.24, 2.45) is 5.73 Å². The monoisotopic (exact) mass is 644 g/mol. The molecule has 0 spiro atoms. The second kappa shape index (κ2) is 16.8. The number of amides is 2. The second-order valence-electron chi connectivity index (χ2n) is 12.0. The van der Waals surface area contributed by atoms with Crippen LogP contribution in [-0.4, -0.2) is 83.3 Å². The Balaban J connectivity index is 1.04.